The molecule has 4 rings (SSSR count). The van der Waals surface area contributed by atoms with Crippen molar-refractivity contribution >= 4 is 17.8 Å². The zero-order valence-electron chi connectivity index (χ0n) is 26.6. The SMILES string of the molecule is CC(C)(C)OC(=O)CC[C@]1(C(=O)NNC2CCC(O)CC2)N=C(c2ccc(OCCCO)cc2)O[C@H]1c1ccccc1CN=[N+]=[N-]. The molecule has 0 bridgehead atoms. The number of hydrogen-bond acceptors (Lipinski definition) is 10. The highest BCUT2D eigenvalue weighted by molar-refractivity contribution is 6.01. The van der Waals surface area contributed by atoms with Crippen LogP contribution in [0.15, 0.2) is 58.6 Å². The molecular formula is C33H44N6O7. The summed E-state index contributed by atoms with van der Waals surface area (Å²) in [6.07, 6.45) is 1.62. The minimum absolute atomic E-state index is 0.0220. The first kappa shape index (κ1) is 34.7. The third kappa shape index (κ3) is 9.20. The summed E-state index contributed by atoms with van der Waals surface area (Å²) in [5.41, 5.74) is 14.5. The molecule has 1 aliphatic heterocycles. The molecule has 1 saturated carbocycles. The Morgan fingerprint density at radius 2 is 1.85 bits per heavy atom. The van der Waals surface area contributed by atoms with Gasteiger partial charge in [-0.15, -0.1) is 0 Å². The van der Waals surface area contributed by atoms with E-state index in [4.69, 9.17) is 29.8 Å². The second kappa shape index (κ2) is 15.9. The molecule has 2 aromatic carbocycles. The van der Waals surface area contributed by atoms with Crippen LogP contribution >= 0.6 is 0 Å². The maximum atomic E-state index is 14.4. The van der Waals surface area contributed by atoms with Crippen molar-refractivity contribution in [3.63, 3.8) is 0 Å². The van der Waals surface area contributed by atoms with Crippen LogP contribution in [0, 0.1) is 0 Å². The number of aliphatic imine (C=N–C) groups is 1. The molecule has 2 aromatic rings. The average molecular weight is 637 g/mol. The third-order valence-electron chi connectivity index (χ3n) is 7.89. The van der Waals surface area contributed by atoms with Crippen LogP contribution in [0.1, 0.15) is 88.5 Å². The number of benzene rings is 2. The largest absolute Gasteiger partial charge is 0.494 e. The molecule has 0 radical (unpaired) electrons. The van der Waals surface area contributed by atoms with Crippen molar-refractivity contribution in [3.8, 4) is 5.75 Å². The lowest BCUT2D eigenvalue weighted by Crippen LogP contribution is -2.55. The maximum Gasteiger partial charge on any atom is 0.306 e. The normalized spacial score (nSPS) is 22.6. The molecule has 0 unspecified atom stereocenters. The summed E-state index contributed by atoms with van der Waals surface area (Å²) in [7, 11) is 0. The molecule has 13 heteroatoms. The molecule has 0 aromatic heterocycles. The number of esters is 1. The zero-order chi connectivity index (χ0) is 33.2. The lowest BCUT2D eigenvalue weighted by Gasteiger charge is -2.33. The van der Waals surface area contributed by atoms with Gasteiger partial charge in [0.25, 0.3) is 5.91 Å². The van der Waals surface area contributed by atoms with Gasteiger partial charge < -0.3 is 24.4 Å². The van der Waals surface area contributed by atoms with Crippen LogP contribution in [0.25, 0.3) is 10.4 Å². The molecule has 2 aliphatic rings. The Balaban J connectivity index is 1.74. The van der Waals surface area contributed by atoms with Crippen molar-refractivity contribution in [3.05, 3.63) is 75.7 Å². The fourth-order valence-corrected chi connectivity index (χ4v) is 5.57. The van der Waals surface area contributed by atoms with E-state index in [0.29, 0.717) is 61.2 Å². The van der Waals surface area contributed by atoms with Gasteiger partial charge in [0.1, 0.15) is 11.4 Å². The summed E-state index contributed by atoms with van der Waals surface area (Å²) in [4.78, 5) is 35.2. The standard InChI is InChI=1S/C33H44N6O7/c1-32(2,3)46-28(42)17-18-33(31(43)38-37-24-11-13-25(41)14-12-24)29(27-8-5-4-7-23(27)21-35-39-34)45-30(36-33)22-9-15-26(16-10-22)44-20-6-19-40/h4-5,7-10,15-16,24-25,29,37,40-41H,6,11-14,17-21H2,1-3H3,(H,38,43)/t24?,25?,29-,33-/m0/s1. The van der Waals surface area contributed by atoms with Gasteiger partial charge in [0.05, 0.1) is 19.3 Å². The molecular weight excluding hydrogens is 592 g/mol. The number of hydrogen-bond donors (Lipinski definition) is 4. The molecule has 248 valence electrons. The van der Waals surface area contributed by atoms with Crippen LogP contribution in [-0.2, 0) is 25.6 Å². The van der Waals surface area contributed by atoms with Gasteiger partial charge in [0.15, 0.2) is 11.6 Å². The Kier molecular flexibility index (Phi) is 12.0. The van der Waals surface area contributed by atoms with Crippen molar-refractivity contribution in [2.45, 2.75) is 102 Å². The molecule has 1 heterocycles. The minimum atomic E-state index is -1.61. The van der Waals surface area contributed by atoms with Gasteiger partial charge >= 0.3 is 5.97 Å². The van der Waals surface area contributed by atoms with Gasteiger partial charge in [0, 0.05) is 36.0 Å². The number of nitrogens with one attached hydrogen (secondary N) is 2. The molecule has 2 atom stereocenters. The second-order valence-corrected chi connectivity index (χ2v) is 12.6. The fourth-order valence-electron chi connectivity index (χ4n) is 5.57. The lowest BCUT2D eigenvalue weighted by molar-refractivity contribution is -0.155. The molecule has 0 saturated heterocycles. The predicted molar refractivity (Wildman–Crippen MR) is 171 cm³/mol. The first-order valence-corrected chi connectivity index (χ1v) is 15.7. The molecule has 1 aliphatic carbocycles. The summed E-state index contributed by atoms with van der Waals surface area (Å²) in [5.74, 6) is -0.179. The van der Waals surface area contributed by atoms with Gasteiger partial charge in [-0.25, -0.2) is 10.4 Å². The third-order valence-corrected chi connectivity index (χ3v) is 7.89. The van der Waals surface area contributed by atoms with Gasteiger partial charge in [-0.3, -0.25) is 15.0 Å². The summed E-state index contributed by atoms with van der Waals surface area (Å²) >= 11 is 0. The molecule has 46 heavy (non-hydrogen) atoms. The van der Waals surface area contributed by atoms with E-state index in [-0.39, 0.29) is 44.0 Å². The lowest BCUT2D eigenvalue weighted by atomic mass is 9.82. The van der Waals surface area contributed by atoms with Crippen molar-refractivity contribution in [2.75, 3.05) is 13.2 Å². The van der Waals surface area contributed by atoms with E-state index in [0.717, 1.165) is 0 Å². The summed E-state index contributed by atoms with van der Waals surface area (Å²) in [6.45, 7) is 5.74. The zero-order valence-corrected chi connectivity index (χ0v) is 26.6. The first-order valence-electron chi connectivity index (χ1n) is 15.7. The van der Waals surface area contributed by atoms with Gasteiger partial charge in [-0.2, -0.15) is 0 Å². The number of nitrogens with zero attached hydrogens (tertiary/aromatic N) is 4. The van der Waals surface area contributed by atoms with Crippen molar-refractivity contribution < 1.29 is 34.0 Å². The van der Waals surface area contributed by atoms with Crippen molar-refractivity contribution in [1.29, 1.82) is 0 Å². The molecule has 0 spiro atoms. The Morgan fingerprint density at radius 3 is 2.52 bits per heavy atom. The van der Waals surface area contributed by atoms with Crippen LogP contribution < -0.4 is 15.6 Å². The van der Waals surface area contributed by atoms with Gasteiger partial charge in [-0.05, 0) is 93.8 Å². The molecule has 13 nitrogen and oxygen atoms in total. The number of ether oxygens (including phenoxy) is 3. The number of azide groups is 1. The van der Waals surface area contributed by atoms with E-state index in [1.54, 1.807) is 69.3 Å². The molecule has 4 N–H and O–H groups in total. The smallest absolute Gasteiger partial charge is 0.306 e. The van der Waals surface area contributed by atoms with Crippen molar-refractivity contribution in [2.24, 2.45) is 10.1 Å². The van der Waals surface area contributed by atoms with Gasteiger partial charge in [0.2, 0.25) is 5.90 Å². The molecule has 1 fully saturated rings. The van der Waals surface area contributed by atoms with E-state index < -0.39 is 29.1 Å². The van der Waals surface area contributed by atoms with Crippen LogP contribution in [0.4, 0.5) is 0 Å². The van der Waals surface area contributed by atoms with Crippen LogP contribution in [0.5, 0.6) is 5.75 Å². The number of hydrazine groups is 1. The van der Waals surface area contributed by atoms with Crippen molar-refractivity contribution in [1.82, 2.24) is 10.9 Å². The maximum absolute atomic E-state index is 14.4. The molecule has 1 amide bonds. The first-order chi connectivity index (χ1) is 22.0. The minimum Gasteiger partial charge on any atom is -0.494 e. The highest BCUT2D eigenvalue weighted by atomic mass is 16.6. The van der Waals surface area contributed by atoms with E-state index in [9.17, 15) is 14.7 Å². The summed E-state index contributed by atoms with van der Waals surface area (Å²) in [6, 6.07) is 14.2. The Morgan fingerprint density at radius 1 is 1.13 bits per heavy atom. The number of rotatable bonds is 14. The van der Waals surface area contributed by atoms with E-state index >= 15 is 0 Å². The van der Waals surface area contributed by atoms with Crippen LogP contribution in [0.2, 0.25) is 0 Å². The topological polar surface area (TPSA) is 187 Å². The average Bonchev–Trinajstić information content (AvgIpc) is 3.43. The highest BCUT2D eigenvalue weighted by Gasteiger charge is 2.54. The van der Waals surface area contributed by atoms with E-state index in [1.165, 1.54) is 0 Å². The van der Waals surface area contributed by atoms with E-state index in [1.807, 2.05) is 0 Å². The fraction of sp³-hybridized carbons (Fsp3) is 0.545. The summed E-state index contributed by atoms with van der Waals surface area (Å²) in [5, 5.41) is 22.7. The highest BCUT2D eigenvalue weighted by Crippen LogP contribution is 2.44. The van der Waals surface area contributed by atoms with Crippen LogP contribution in [-0.4, -0.2) is 64.5 Å². The number of carbonyl (C=O) groups excluding carboxylic acids is 2. The quantitative estimate of drug-likeness (QED) is 0.0580. The number of amides is 1. The second-order valence-electron chi connectivity index (χ2n) is 12.6. The van der Waals surface area contributed by atoms with Gasteiger partial charge in [-0.1, -0.05) is 29.4 Å². The number of carbonyl (C=O) groups is 2. The Labute approximate surface area is 268 Å². The number of aliphatic hydroxyl groups excluding tert-OH is 2. The van der Waals surface area contributed by atoms with Crippen LogP contribution in [0.3, 0.4) is 0 Å². The Bertz CT molecular complexity index is 1410. The Hall–Kier alpha value is -4.16. The predicted octanol–water partition coefficient (Wildman–Crippen LogP) is 4.56. The monoisotopic (exact) mass is 636 g/mol. The number of aliphatic hydroxyl groups is 2. The summed E-state index contributed by atoms with van der Waals surface area (Å²) < 4.78 is 17.8. The van der Waals surface area contributed by atoms with E-state index in [2.05, 4.69) is 20.9 Å².